The van der Waals surface area contributed by atoms with Crippen LogP contribution in [0.3, 0.4) is 0 Å². The molecule has 1 aliphatic heterocycles. The number of nitrogens with zero attached hydrogens (tertiary/aromatic N) is 2. The van der Waals surface area contributed by atoms with E-state index in [1.165, 1.54) is 31.5 Å². The molecule has 1 aliphatic rings. The number of carbonyl (C=O) groups is 1. The van der Waals surface area contributed by atoms with Gasteiger partial charge in [-0.2, -0.15) is 17.5 Å². The number of carboxylic acids is 1. The molecule has 1 unspecified atom stereocenters. The first-order valence-corrected chi connectivity index (χ1v) is 10.1. The van der Waals surface area contributed by atoms with E-state index >= 15 is 0 Å². The summed E-state index contributed by atoms with van der Waals surface area (Å²) in [7, 11) is -2.97. The number of carboxylic acid groups (broad SMARTS) is 1. The van der Waals surface area contributed by atoms with Crippen LogP contribution in [-0.2, 0) is 25.7 Å². The largest absolute Gasteiger partial charge is 0.478 e. The Morgan fingerprint density at radius 1 is 1.37 bits per heavy atom. The van der Waals surface area contributed by atoms with E-state index in [4.69, 9.17) is 9.84 Å². The molecular formula is C19H17F3N2O5S. The molecule has 30 heavy (non-hydrogen) atoms. The summed E-state index contributed by atoms with van der Waals surface area (Å²) in [6.07, 6.45) is -1.77. The highest BCUT2D eigenvalue weighted by atomic mass is 32.2. The molecule has 1 saturated heterocycles. The van der Waals surface area contributed by atoms with Crippen LogP contribution < -0.4 is 0 Å². The van der Waals surface area contributed by atoms with Gasteiger partial charge < -0.3 is 9.84 Å². The molecule has 160 valence electrons. The van der Waals surface area contributed by atoms with Gasteiger partial charge in [0.15, 0.2) is 0 Å². The number of sulfonamides is 1. The number of pyridine rings is 1. The number of halogens is 3. The number of rotatable bonds is 7. The Labute approximate surface area is 170 Å². The highest BCUT2D eigenvalue weighted by Gasteiger charge is 2.35. The number of epoxide rings is 1. The van der Waals surface area contributed by atoms with E-state index < -0.39 is 32.6 Å². The van der Waals surface area contributed by atoms with Gasteiger partial charge in [0.2, 0.25) is 10.0 Å². The quantitative estimate of drug-likeness (QED) is 0.523. The second kappa shape index (κ2) is 8.17. The third-order valence-corrected chi connectivity index (χ3v) is 6.12. The molecule has 0 radical (unpaired) electrons. The number of benzene rings is 1. The maximum Gasteiger partial charge on any atom is 0.416 e. The van der Waals surface area contributed by atoms with E-state index in [1.807, 2.05) is 0 Å². The molecule has 3 rings (SSSR count). The zero-order valence-corrected chi connectivity index (χ0v) is 16.4. The molecule has 7 nitrogen and oxygen atoms in total. The Hall–Kier alpha value is -2.76. The van der Waals surface area contributed by atoms with Gasteiger partial charge >= 0.3 is 12.1 Å². The second-order valence-corrected chi connectivity index (χ2v) is 8.64. The third-order valence-electron chi connectivity index (χ3n) is 4.32. The van der Waals surface area contributed by atoms with Gasteiger partial charge in [-0.3, -0.25) is 4.98 Å². The molecule has 1 aromatic carbocycles. The van der Waals surface area contributed by atoms with Gasteiger partial charge in [0.1, 0.15) is 0 Å². The fourth-order valence-electron chi connectivity index (χ4n) is 2.74. The number of hydrogen-bond donors (Lipinski definition) is 1. The number of aliphatic carboxylic acids is 1. The molecular weight excluding hydrogens is 425 g/mol. The molecule has 1 atom stereocenters. The Balaban J connectivity index is 2.15. The van der Waals surface area contributed by atoms with Crippen LogP contribution in [0, 0.1) is 0 Å². The average molecular weight is 442 g/mol. The summed E-state index contributed by atoms with van der Waals surface area (Å²) in [4.78, 5) is 14.3. The molecule has 1 fully saturated rings. The lowest BCUT2D eigenvalue weighted by atomic mass is 10.0. The van der Waals surface area contributed by atoms with Crippen molar-refractivity contribution in [2.45, 2.75) is 17.2 Å². The van der Waals surface area contributed by atoms with Crippen LogP contribution in [0.2, 0.25) is 0 Å². The Kier molecular flexibility index (Phi) is 5.97. The van der Waals surface area contributed by atoms with Crippen molar-refractivity contribution in [1.29, 1.82) is 0 Å². The van der Waals surface area contributed by atoms with Crippen molar-refractivity contribution in [3.63, 3.8) is 0 Å². The van der Waals surface area contributed by atoms with Crippen molar-refractivity contribution in [2.24, 2.45) is 0 Å². The van der Waals surface area contributed by atoms with Gasteiger partial charge in [-0.25, -0.2) is 13.2 Å². The smallest absolute Gasteiger partial charge is 0.416 e. The number of ether oxygens (including phenoxy) is 1. The van der Waals surface area contributed by atoms with E-state index in [1.54, 1.807) is 0 Å². The maximum absolute atomic E-state index is 13.5. The van der Waals surface area contributed by atoms with Crippen molar-refractivity contribution in [1.82, 2.24) is 9.29 Å². The topological polar surface area (TPSA) is 100 Å². The minimum absolute atomic E-state index is 0.0180. The number of aromatic nitrogens is 1. The first-order chi connectivity index (χ1) is 14.0. The van der Waals surface area contributed by atoms with Crippen molar-refractivity contribution < 1.29 is 36.2 Å². The minimum atomic E-state index is -4.80. The van der Waals surface area contributed by atoms with E-state index in [0.29, 0.717) is 12.7 Å². The SMILES string of the molecule is CN(CC1CO1)S(=O)(=O)c1cc(-c2ncccc2C=CC(=O)O)cc(C(F)(F)F)c1. The number of likely N-dealkylation sites (N-methyl/N-ethyl adjacent to an activating group) is 1. The summed E-state index contributed by atoms with van der Waals surface area (Å²) < 4.78 is 72.1. The average Bonchev–Trinajstić information content (AvgIpc) is 3.49. The molecule has 11 heteroatoms. The minimum Gasteiger partial charge on any atom is -0.478 e. The lowest BCUT2D eigenvalue weighted by molar-refractivity contribution is -0.137. The second-order valence-electron chi connectivity index (χ2n) is 6.60. The molecule has 1 aromatic heterocycles. The van der Waals surface area contributed by atoms with E-state index in [-0.39, 0.29) is 29.5 Å². The Morgan fingerprint density at radius 3 is 2.67 bits per heavy atom. The van der Waals surface area contributed by atoms with Crippen LogP contribution in [0.5, 0.6) is 0 Å². The van der Waals surface area contributed by atoms with Crippen LogP contribution in [0.25, 0.3) is 17.3 Å². The zero-order chi connectivity index (χ0) is 22.1. The van der Waals surface area contributed by atoms with Crippen molar-refractivity contribution in [2.75, 3.05) is 20.2 Å². The normalized spacial score (nSPS) is 16.9. The first kappa shape index (κ1) is 21.9. The highest BCUT2D eigenvalue weighted by molar-refractivity contribution is 7.89. The molecule has 0 saturated carbocycles. The molecule has 2 aromatic rings. The summed E-state index contributed by atoms with van der Waals surface area (Å²) in [6.45, 7) is 0.408. The number of alkyl halides is 3. The summed E-state index contributed by atoms with van der Waals surface area (Å²) >= 11 is 0. The molecule has 0 amide bonds. The molecule has 1 N–H and O–H groups in total. The van der Waals surface area contributed by atoms with Crippen LogP contribution in [0.4, 0.5) is 13.2 Å². The Morgan fingerprint density at radius 2 is 2.07 bits per heavy atom. The van der Waals surface area contributed by atoms with Gasteiger partial charge in [-0.1, -0.05) is 6.07 Å². The lowest BCUT2D eigenvalue weighted by Crippen LogP contribution is -2.30. The van der Waals surface area contributed by atoms with Crippen LogP contribution in [-0.4, -0.2) is 55.1 Å². The maximum atomic E-state index is 13.5. The molecule has 0 bridgehead atoms. The van der Waals surface area contributed by atoms with Gasteiger partial charge in [-0.15, -0.1) is 0 Å². The van der Waals surface area contributed by atoms with Gasteiger partial charge in [-0.05, 0) is 30.3 Å². The van der Waals surface area contributed by atoms with E-state index in [0.717, 1.165) is 22.5 Å². The highest BCUT2D eigenvalue weighted by Crippen LogP contribution is 2.36. The van der Waals surface area contributed by atoms with Crippen molar-refractivity contribution >= 4 is 22.1 Å². The summed E-state index contributed by atoms with van der Waals surface area (Å²) in [6, 6.07) is 5.39. The fraction of sp³-hybridized carbons (Fsp3) is 0.263. The predicted molar refractivity (Wildman–Crippen MR) is 101 cm³/mol. The van der Waals surface area contributed by atoms with E-state index in [2.05, 4.69) is 4.98 Å². The van der Waals surface area contributed by atoms with Crippen LogP contribution >= 0.6 is 0 Å². The summed E-state index contributed by atoms with van der Waals surface area (Å²) in [5.74, 6) is -1.25. The van der Waals surface area contributed by atoms with Crippen molar-refractivity contribution in [3.8, 4) is 11.3 Å². The fourth-order valence-corrected chi connectivity index (χ4v) is 4.02. The Bertz CT molecular complexity index is 1100. The molecule has 0 aliphatic carbocycles. The molecule has 2 heterocycles. The molecule has 0 spiro atoms. The number of hydrogen-bond acceptors (Lipinski definition) is 5. The third kappa shape index (κ3) is 5.04. The summed E-state index contributed by atoms with van der Waals surface area (Å²) in [5.41, 5.74) is -1.02. The summed E-state index contributed by atoms with van der Waals surface area (Å²) in [5, 5.41) is 8.82. The van der Waals surface area contributed by atoms with Gasteiger partial charge in [0, 0.05) is 37.0 Å². The van der Waals surface area contributed by atoms with Crippen LogP contribution in [0.1, 0.15) is 11.1 Å². The first-order valence-electron chi connectivity index (χ1n) is 8.65. The zero-order valence-electron chi connectivity index (χ0n) is 15.6. The standard InChI is InChI=1S/C19H17F3N2O5S/c1-24(10-15-11-29-15)30(27,28)16-8-13(7-14(9-16)19(20,21)22)18-12(3-2-6-23-18)4-5-17(25)26/h2-9,15H,10-11H2,1H3,(H,25,26). The monoisotopic (exact) mass is 442 g/mol. The van der Waals surface area contributed by atoms with E-state index in [9.17, 15) is 26.4 Å². The van der Waals surface area contributed by atoms with Gasteiger partial charge in [0.05, 0.1) is 28.9 Å². The predicted octanol–water partition coefficient (Wildman–Crippen LogP) is 2.88. The lowest BCUT2D eigenvalue weighted by Gasteiger charge is -2.18. The van der Waals surface area contributed by atoms with Gasteiger partial charge in [0.25, 0.3) is 0 Å². The van der Waals surface area contributed by atoms with Crippen LogP contribution in [0.15, 0.2) is 47.5 Å². The van der Waals surface area contributed by atoms with Crippen molar-refractivity contribution in [3.05, 3.63) is 53.7 Å².